The van der Waals surface area contributed by atoms with Crippen LogP contribution in [0.5, 0.6) is 5.75 Å². The number of nitrogens with zero attached hydrogens (tertiary/aromatic N) is 3. The molecule has 4 rings (SSSR count). The number of amides is 1. The summed E-state index contributed by atoms with van der Waals surface area (Å²) in [5.41, 5.74) is 2.27. The normalized spacial score (nSPS) is 12.0. The molecule has 6 nitrogen and oxygen atoms in total. The molecular weight excluding hydrogens is 613 g/mol. The Bertz CT molecular complexity index is 1600. The van der Waals surface area contributed by atoms with E-state index in [0.29, 0.717) is 32.6 Å². The minimum Gasteiger partial charge on any atom is -0.495 e. The quantitative estimate of drug-likeness (QED) is 0.135. The Morgan fingerprint density at radius 3 is 2.37 bits per heavy atom. The van der Waals surface area contributed by atoms with Crippen molar-refractivity contribution in [2.45, 2.75) is 30.2 Å². The van der Waals surface area contributed by atoms with Crippen molar-refractivity contribution in [3.05, 3.63) is 105 Å². The fourth-order valence-corrected chi connectivity index (χ4v) is 6.10. The monoisotopic (exact) mass is 647 g/mol. The van der Waals surface area contributed by atoms with E-state index in [-0.39, 0.29) is 33.6 Å². The van der Waals surface area contributed by atoms with E-state index in [1.54, 1.807) is 31.5 Å². The maximum absolute atomic E-state index is 15.3. The Morgan fingerprint density at radius 1 is 1.05 bits per heavy atom. The maximum atomic E-state index is 15.3. The SMILES string of the molecule is COc1cc(C(C)(C)c2cnc(SCc3c(F)cc(C(=O)NCC[N+](C)(C)C)cc3Cl)n2-c2ccc(F)cc2)ccc1Cl. The van der Waals surface area contributed by atoms with Crippen molar-refractivity contribution in [3.8, 4) is 11.4 Å². The second-order valence-corrected chi connectivity index (χ2v) is 13.4. The number of nitrogens with one attached hydrogen (secondary N) is 1. The van der Waals surface area contributed by atoms with Gasteiger partial charge in [-0.05, 0) is 54.1 Å². The van der Waals surface area contributed by atoms with Crippen LogP contribution in [0.2, 0.25) is 10.0 Å². The van der Waals surface area contributed by atoms with Gasteiger partial charge < -0.3 is 14.5 Å². The predicted molar refractivity (Wildman–Crippen MR) is 170 cm³/mol. The van der Waals surface area contributed by atoms with Crippen LogP contribution >= 0.6 is 35.0 Å². The standard InChI is InChI=1S/C32H34Cl2F2N4O2S/c1-32(2,21-7-12-25(33)28(17-21)42-6)29-18-38-31(39(29)23-10-8-22(35)9-11-23)43-19-24-26(34)15-20(16-27(24)36)30(41)37-13-14-40(3,4)5/h7-12,15-18H,13-14,19H2,1-6H3/p+1. The molecule has 0 aliphatic rings. The second kappa shape index (κ2) is 13.3. The summed E-state index contributed by atoms with van der Waals surface area (Å²) in [4.78, 5) is 17.3. The Morgan fingerprint density at radius 2 is 1.74 bits per heavy atom. The number of carbonyl (C=O) groups excluding carboxylic acids is 1. The van der Waals surface area contributed by atoms with Crippen molar-refractivity contribution < 1.29 is 22.8 Å². The highest BCUT2D eigenvalue weighted by Crippen LogP contribution is 2.39. The second-order valence-electron chi connectivity index (χ2n) is 11.7. The van der Waals surface area contributed by atoms with Crippen LogP contribution in [0.1, 0.15) is 41.0 Å². The number of halogens is 4. The summed E-state index contributed by atoms with van der Waals surface area (Å²) in [7, 11) is 7.63. The molecule has 1 N–H and O–H groups in total. The molecule has 0 saturated carbocycles. The topological polar surface area (TPSA) is 56.1 Å². The molecule has 4 aromatic rings. The number of aromatic nitrogens is 2. The zero-order valence-electron chi connectivity index (χ0n) is 25.0. The number of rotatable bonds is 11. The Kier molecular flexibility index (Phi) is 10.1. The summed E-state index contributed by atoms with van der Waals surface area (Å²) in [6.07, 6.45) is 1.76. The smallest absolute Gasteiger partial charge is 0.251 e. The van der Waals surface area contributed by atoms with Gasteiger partial charge >= 0.3 is 0 Å². The highest BCUT2D eigenvalue weighted by Gasteiger charge is 2.30. The number of ether oxygens (including phenoxy) is 1. The van der Waals surface area contributed by atoms with Crippen molar-refractivity contribution in [1.29, 1.82) is 0 Å². The van der Waals surface area contributed by atoms with Crippen molar-refractivity contribution >= 4 is 40.9 Å². The van der Waals surface area contributed by atoms with E-state index in [1.165, 1.54) is 36.0 Å². The van der Waals surface area contributed by atoms with Crippen LogP contribution in [0.4, 0.5) is 8.78 Å². The summed E-state index contributed by atoms with van der Waals surface area (Å²) in [5, 5.41) is 4.03. The van der Waals surface area contributed by atoms with Gasteiger partial charge in [-0.1, -0.05) is 54.9 Å². The number of imidazole rings is 1. The molecule has 3 aromatic carbocycles. The lowest BCUT2D eigenvalue weighted by Crippen LogP contribution is -2.41. The zero-order valence-corrected chi connectivity index (χ0v) is 27.3. The third-order valence-electron chi connectivity index (χ3n) is 7.14. The first-order valence-electron chi connectivity index (χ1n) is 13.6. The number of carbonyl (C=O) groups is 1. The summed E-state index contributed by atoms with van der Waals surface area (Å²) >= 11 is 14.1. The van der Waals surface area contributed by atoms with Gasteiger partial charge in [0.15, 0.2) is 5.16 Å². The van der Waals surface area contributed by atoms with Crippen LogP contribution in [-0.4, -0.2) is 61.3 Å². The van der Waals surface area contributed by atoms with E-state index in [1.807, 2.05) is 51.7 Å². The predicted octanol–water partition coefficient (Wildman–Crippen LogP) is 7.52. The number of quaternary nitrogens is 1. The van der Waals surface area contributed by atoms with Gasteiger partial charge in [0.2, 0.25) is 0 Å². The molecule has 0 aliphatic heterocycles. The number of hydrogen-bond acceptors (Lipinski definition) is 4. The van der Waals surface area contributed by atoms with Gasteiger partial charge in [0.05, 0.1) is 58.3 Å². The molecule has 0 fully saturated rings. The average Bonchev–Trinajstić information content (AvgIpc) is 3.37. The molecule has 0 bridgehead atoms. The van der Waals surface area contributed by atoms with E-state index in [9.17, 15) is 9.18 Å². The third kappa shape index (κ3) is 7.70. The first-order chi connectivity index (χ1) is 20.2. The summed E-state index contributed by atoms with van der Waals surface area (Å²) < 4.78 is 37.2. The molecule has 1 aromatic heterocycles. The summed E-state index contributed by atoms with van der Waals surface area (Å²) in [5.74, 6) is -0.625. The fraction of sp³-hybridized carbons (Fsp3) is 0.312. The van der Waals surface area contributed by atoms with E-state index in [2.05, 4.69) is 10.3 Å². The molecule has 43 heavy (non-hydrogen) atoms. The first kappa shape index (κ1) is 32.8. The largest absolute Gasteiger partial charge is 0.495 e. The lowest BCUT2D eigenvalue weighted by Gasteiger charge is -2.28. The highest BCUT2D eigenvalue weighted by atomic mass is 35.5. The van der Waals surface area contributed by atoms with Crippen LogP contribution in [0, 0.1) is 11.6 Å². The number of methoxy groups -OCH3 is 1. The first-order valence-corrected chi connectivity index (χ1v) is 15.3. The maximum Gasteiger partial charge on any atom is 0.251 e. The van der Waals surface area contributed by atoms with Gasteiger partial charge in [0.1, 0.15) is 17.4 Å². The minimum atomic E-state index is -0.582. The molecular formula is C32H35Cl2F2N4O2S+. The molecule has 0 radical (unpaired) electrons. The van der Waals surface area contributed by atoms with Crippen LogP contribution in [0.25, 0.3) is 5.69 Å². The average molecular weight is 649 g/mol. The van der Waals surface area contributed by atoms with Gasteiger partial charge in [0, 0.05) is 33.0 Å². The van der Waals surface area contributed by atoms with Crippen molar-refractivity contribution in [3.63, 3.8) is 0 Å². The van der Waals surface area contributed by atoms with Gasteiger partial charge in [-0.15, -0.1) is 0 Å². The molecule has 1 amide bonds. The molecule has 11 heteroatoms. The van der Waals surface area contributed by atoms with Crippen LogP contribution in [0.3, 0.4) is 0 Å². The Balaban J connectivity index is 1.65. The van der Waals surface area contributed by atoms with Crippen LogP contribution in [-0.2, 0) is 11.2 Å². The Labute approximate surface area is 265 Å². The van der Waals surface area contributed by atoms with E-state index in [4.69, 9.17) is 27.9 Å². The van der Waals surface area contributed by atoms with Gasteiger partial charge in [-0.2, -0.15) is 0 Å². The zero-order chi connectivity index (χ0) is 31.5. The third-order valence-corrected chi connectivity index (χ3v) is 8.77. The van der Waals surface area contributed by atoms with E-state index < -0.39 is 11.2 Å². The lowest BCUT2D eigenvalue weighted by atomic mass is 9.81. The molecule has 0 unspecified atom stereocenters. The van der Waals surface area contributed by atoms with Crippen LogP contribution in [0.15, 0.2) is 66.0 Å². The number of likely N-dealkylation sites (N-methyl/N-ethyl adjacent to an activating group) is 1. The molecule has 0 spiro atoms. The molecule has 0 aliphatic carbocycles. The minimum absolute atomic E-state index is 0.151. The summed E-state index contributed by atoms with van der Waals surface area (Å²) in [6, 6.07) is 14.4. The van der Waals surface area contributed by atoms with Gasteiger partial charge in [0.25, 0.3) is 5.91 Å². The molecule has 0 saturated heterocycles. The van der Waals surface area contributed by atoms with Crippen molar-refractivity contribution in [2.75, 3.05) is 41.3 Å². The van der Waals surface area contributed by atoms with E-state index >= 15 is 4.39 Å². The van der Waals surface area contributed by atoms with E-state index in [0.717, 1.165) is 17.8 Å². The fourth-order valence-electron chi connectivity index (χ4n) is 4.53. The number of benzene rings is 3. The molecule has 1 heterocycles. The number of thioether (sulfide) groups is 1. The van der Waals surface area contributed by atoms with Crippen LogP contribution < -0.4 is 10.1 Å². The molecule has 228 valence electrons. The van der Waals surface area contributed by atoms with Crippen molar-refractivity contribution in [2.24, 2.45) is 0 Å². The number of hydrogen-bond donors (Lipinski definition) is 1. The molecule has 0 atom stereocenters. The van der Waals surface area contributed by atoms with Gasteiger partial charge in [-0.25, -0.2) is 13.8 Å². The van der Waals surface area contributed by atoms with Crippen molar-refractivity contribution in [1.82, 2.24) is 14.9 Å². The van der Waals surface area contributed by atoms with Gasteiger partial charge in [-0.3, -0.25) is 9.36 Å². The Hall–Kier alpha value is -3.11. The summed E-state index contributed by atoms with van der Waals surface area (Å²) in [6.45, 7) is 5.26. The lowest BCUT2D eigenvalue weighted by molar-refractivity contribution is -0.869. The highest BCUT2D eigenvalue weighted by molar-refractivity contribution is 7.98.